The van der Waals surface area contributed by atoms with Gasteiger partial charge in [0.25, 0.3) is 0 Å². The molecule has 0 unspecified atom stereocenters. The normalized spacial score (nSPS) is 21.2. The van der Waals surface area contributed by atoms with Crippen LogP contribution in [0.1, 0.15) is 37.9 Å². The number of nitrogens with zero attached hydrogens (tertiary/aromatic N) is 5. The summed E-state index contributed by atoms with van der Waals surface area (Å²) in [6.45, 7) is 5.62. The summed E-state index contributed by atoms with van der Waals surface area (Å²) in [7, 11) is 0. The summed E-state index contributed by atoms with van der Waals surface area (Å²) in [5.74, 6) is 2.41. The van der Waals surface area contributed by atoms with Gasteiger partial charge in [-0.1, -0.05) is 19.3 Å². The van der Waals surface area contributed by atoms with Crippen LogP contribution in [-0.4, -0.2) is 56.7 Å². The molecule has 1 saturated heterocycles. The van der Waals surface area contributed by atoms with E-state index in [9.17, 15) is 5.11 Å². The second-order valence-corrected chi connectivity index (χ2v) is 7.40. The van der Waals surface area contributed by atoms with Crippen LogP contribution in [0, 0.1) is 12.8 Å². The monoisotopic (exact) mass is 330 g/mol. The Morgan fingerprint density at radius 2 is 2.00 bits per heavy atom. The topological polar surface area (TPSA) is 78.6 Å². The molecule has 1 aliphatic carbocycles. The molecule has 2 aromatic heterocycles. The molecular formula is C17H26N6O. The van der Waals surface area contributed by atoms with E-state index >= 15 is 0 Å². The van der Waals surface area contributed by atoms with Gasteiger partial charge in [0.15, 0.2) is 11.5 Å². The molecule has 2 aromatic rings. The highest BCUT2D eigenvalue weighted by Crippen LogP contribution is 2.27. The van der Waals surface area contributed by atoms with Crippen LogP contribution in [0.5, 0.6) is 0 Å². The van der Waals surface area contributed by atoms with Crippen LogP contribution in [0.4, 0.5) is 5.82 Å². The first kappa shape index (κ1) is 15.8. The summed E-state index contributed by atoms with van der Waals surface area (Å²) in [4.78, 5) is 2.28. The Bertz CT molecular complexity index is 702. The molecule has 0 amide bonds. The lowest BCUT2D eigenvalue weighted by Crippen LogP contribution is -2.53. The third-order valence-corrected chi connectivity index (χ3v) is 5.36. The predicted octanol–water partition coefficient (Wildman–Crippen LogP) is 1.15. The minimum Gasteiger partial charge on any atom is -0.389 e. The van der Waals surface area contributed by atoms with Crippen molar-refractivity contribution in [3.05, 3.63) is 18.0 Å². The molecule has 3 heterocycles. The molecule has 1 saturated carbocycles. The Morgan fingerprint density at radius 3 is 2.79 bits per heavy atom. The average molecular weight is 330 g/mol. The van der Waals surface area contributed by atoms with Gasteiger partial charge < -0.3 is 15.3 Å². The van der Waals surface area contributed by atoms with E-state index in [0.717, 1.165) is 69.2 Å². The second kappa shape index (κ2) is 6.29. The Hall–Kier alpha value is -1.73. The Kier molecular flexibility index (Phi) is 4.14. The number of aromatic nitrogens is 4. The number of nitrogens with one attached hydrogen (secondary N) is 1. The number of anilines is 1. The fourth-order valence-corrected chi connectivity index (χ4v) is 3.84. The summed E-state index contributed by atoms with van der Waals surface area (Å²) in [6.07, 6.45) is 5.47. The second-order valence-electron chi connectivity index (χ2n) is 7.40. The van der Waals surface area contributed by atoms with Crippen molar-refractivity contribution >= 4 is 11.5 Å². The first-order valence-electron chi connectivity index (χ1n) is 9.00. The van der Waals surface area contributed by atoms with Crippen molar-refractivity contribution in [2.24, 2.45) is 5.92 Å². The van der Waals surface area contributed by atoms with Crippen molar-refractivity contribution in [2.75, 3.05) is 31.1 Å². The van der Waals surface area contributed by atoms with E-state index in [1.807, 2.05) is 19.1 Å². The molecule has 24 heavy (non-hydrogen) atoms. The zero-order valence-corrected chi connectivity index (χ0v) is 14.3. The number of rotatable bonds is 5. The van der Waals surface area contributed by atoms with Gasteiger partial charge in [-0.15, -0.1) is 15.3 Å². The van der Waals surface area contributed by atoms with Gasteiger partial charge in [0, 0.05) is 32.1 Å². The maximum atomic E-state index is 10.5. The van der Waals surface area contributed by atoms with Crippen LogP contribution in [0.3, 0.4) is 0 Å². The van der Waals surface area contributed by atoms with Gasteiger partial charge in [-0.3, -0.25) is 0 Å². The first-order chi connectivity index (χ1) is 11.6. The van der Waals surface area contributed by atoms with Crippen LogP contribution < -0.4 is 10.2 Å². The summed E-state index contributed by atoms with van der Waals surface area (Å²) in [5, 5.41) is 26.7. The van der Waals surface area contributed by atoms with E-state index in [2.05, 4.69) is 25.5 Å². The SMILES string of the molecule is Cc1nnc2ccc(N3CC(CNCC4(O)CCCCC4)C3)nn12. The molecule has 0 atom stereocenters. The minimum absolute atomic E-state index is 0.472. The highest BCUT2D eigenvalue weighted by atomic mass is 16.3. The van der Waals surface area contributed by atoms with Gasteiger partial charge in [0.05, 0.1) is 5.60 Å². The maximum Gasteiger partial charge on any atom is 0.178 e. The van der Waals surface area contributed by atoms with Crippen LogP contribution in [0.15, 0.2) is 12.1 Å². The zero-order chi connectivity index (χ0) is 16.6. The van der Waals surface area contributed by atoms with Crippen LogP contribution in [0.2, 0.25) is 0 Å². The third kappa shape index (κ3) is 3.10. The zero-order valence-electron chi connectivity index (χ0n) is 14.3. The van der Waals surface area contributed by atoms with Crippen molar-refractivity contribution < 1.29 is 5.11 Å². The first-order valence-corrected chi connectivity index (χ1v) is 9.00. The number of aryl methyl sites for hydroxylation is 1. The fourth-order valence-electron chi connectivity index (χ4n) is 3.84. The van der Waals surface area contributed by atoms with E-state index in [1.165, 1.54) is 6.42 Å². The lowest BCUT2D eigenvalue weighted by atomic mass is 9.85. The summed E-state index contributed by atoms with van der Waals surface area (Å²) >= 11 is 0. The molecule has 1 aliphatic heterocycles. The fraction of sp³-hybridized carbons (Fsp3) is 0.706. The van der Waals surface area contributed by atoms with Crippen LogP contribution in [0.25, 0.3) is 5.65 Å². The highest BCUT2D eigenvalue weighted by molar-refractivity contribution is 5.47. The molecular weight excluding hydrogens is 304 g/mol. The number of hydrogen-bond donors (Lipinski definition) is 2. The number of hydrogen-bond acceptors (Lipinski definition) is 6. The molecule has 7 nitrogen and oxygen atoms in total. The van der Waals surface area contributed by atoms with E-state index in [4.69, 9.17) is 0 Å². The maximum absolute atomic E-state index is 10.5. The van der Waals surface area contributed by atoms with E-state index in [0.29, 0.717) is 5.92 Å². The van der Waals surface area contributed by atoms with Crippen molar-refractivity contribution in [1.82, 2.24) is 25.1 Å². The summed E-state index contributed by atoms with van der Waals surface area (Å²) in [6, 6.07) is 3.98. The highest BCUT2D eigenvalue weighted by Gasteiger charge is 2.31. The van der Waals surface area contributed by atoms with Gasteiger partial charge in [-0.05, 0) is 31.9 Å². The third-order valence-electron chi connectivity index (χ3n) is 5.36. The number of aliphatic hydroxyl groups is 1. The lowest BCUT2D eigenvalue weighted by Gasteiger charge is -2.41. The Balaban J connectivity index is 1.26. The number of fused-ring (bicyclic) bond motifs is 1. The van der Waals surface area contributed by atoms with Crippen molar-refractivity contribution in [2.45, 2.75) is 44.6 Å². The van der Waals surface area contributed by atoms with Crippen molar-refractivity contribution in [1.29, 1.82) is 0 Å². The Labute approximate surface area is 142 Å². The lowest BCUT2D eigenvalue weighted by molar-refractivity contribution is 0.00411. The molecule has 0 aromatic carbocycles. The predicted molar refractivity (Wildman–Crippen MR) is 92.1 cm³/mol. The molecule has 0 bridgehead atoms. The van der Waals surface area contributed by atoms with Gasteiger partial charge in [-0.2, -0.15) is 4.52 Å². The average Bonchev–Trinajstić information content (AvgIpc) is 2.91. The van der Waals surface area contributed by atoms with Gasteiger partial charge >= 0.3 is 0 Å². The van der Waals surface area contributed by atoms with Crippen molar-refractivity contribution in [3.63, 3.8) is 0 Å². The Morgan fingerprint density at radius 1 is 1.21 bits per heavy atom. The quantitative estimate of drug-likeness (QED) is 0.856. The standard InChI is InChI=1S/C17H26N6O/c1-13-19-20-15-5-6-16(21-23(13)15)22-10-14(11-22)9-18-12-17(24)7-3-2-4-8-17/h5-6,14,18,24H,2-4,7-12H2,1H3. The molecule has 0 radical (unpaired) electrons. The largest absolute Gasteiger partial charge is 0.389 e. The van der Waals surface area contributed by atoms with E-state index < -0.39 is 5.60 Å². The van der Waals surface area contributed by atoms with Gasteiger partial charge in [0.2, 0.25) is 0 Å². The summed E-state index contributed by atoms with van der Waals surface area (Å²) in [5.41, 5.74) is 0.316. The van der Waals surface area contributed by atoms with Crippen molar-refractivity contribution in [3.8, 4) is 0 Å². The molecule has 7 heteroatoms. The van der Waals surface area contributed by atoms with Gasteiger partial charge in [-0.25, -0.2) is 0 Å². The molecule has 2 aliphatic rings. The smallest absolute Gasteiger partial charge is 0.178 e. The van der Waals surface area contributed by atoms with Crippen LogP contribution in [-0.2, 0) is 0 Å². The minimum atomic E-state index is -0.472. The molecule has 2 fully saturated rings. The van der Waals surface area contributed by atoms with E-state index in [-0.39, 0.29) is 0 Å². The molecule has 4 rings (SSSR count). The molecule has 0 spiro atoms. The molecule has 130 valence electrons. The molecule has 2 N–H and O–H groups in total. The van der Waals surface area contributed by atoms with E-state index in [1.54, 1.807) is 4.52 Å². The van der Waals surface area contributed by atoms with Crippen LogP contribution >= 0.6 is 0 Å². The van der Waals surface area contributed by atoms with Gasteiger partial charge in [0.1, 0.15) is 5.82 Å². The summed E-state index contributed by atoms with van der Waals surface area (Å²) < 4.78 is 1.79.